The van der Waals surface area contributed by atoms with Crippen molar-refractivity contribution in [3.63, 3.8) is 0 Å². The van der Waals surface area contributed by atoms with Crippen molar-refractivity contribution in [1.82, 2.24) is 4.98 Å². The summed E-state index contributed by atoms with van der Waals surface area (Å²) in [6, 6.07) is 11.7. The first-order valence-electron chi connectivity index (χ1n) is 5.57. The zero-order valence-electron chi connectivity index (χ0n) is 9.77. The van der Waals surface area contributed by atoms with Crippen molar-refractivity contribution < 1.29 is 0 Å². The second-order valence-electron chi connectivity index (χ2n) is 4.17. The fourth-order valence-electron chi connectivity index (χ4n) is 1.88. The van der Waals surface area contributed by atoms with Gasteiger partial charge in [-0.25, -0.2) is 4.98 Å². The fraction of sp³-hybridized carbons (Fsp3) is 0.0714. The molecule has 1 aromatic heterocycles. The number of aromatic nitrogens is 1. The molecule has 0 aliphatic carbocycles. The van der Waals surface area contributed by atoms with E-state index in [-0.39, 0.29) is 0 Å². The van der Waals surface area contributed by atoms with Gasteiger partial charge in [-0.2, -0.15) is 0 Å². The van der Waals surface area contributed by atoms with E-state index in [1.165, 1.54) is 0 Å². The van der Waals surface area contributed by atoms with Crippen molar-refractivity contribution >= 4 is 38.8 Å². The summed E-state index contributed by atoms with van der Waals surface area (Å²) < 4.78 is 1.08. The smallest absolute Gasteiger partial charge is 0.126 e. The maximum absolute atomic E-state index is 6.11. The summed E-state index contributed by atoms with van der Waals surface area (Å²) in [5, 5.41) is 1.67. The van der Waals surface area contributed by atoms with E-state index in [4.69, 9.17) is 17.3 Å². The maximum Gasteiger partial charge on any atom is 0.126 e. The molecule has 18 heavy (non-hydrogen) atoms. The van der Waals surface area contributed by atoms with Gasteiger partial charge in [0.25, 0.3) is 0 Å². The monoisotopic (exact) mass is 274 g/mol. The summed E-state index contributed by atoms with van der Waals surface area (Å²) in [7, 11) is 0. The van der Waals surface area contributed by atoms with Crippen LogP contribution in [0.4, 0.5) is 5.69 Å². The number of anilines is 1. The van der Waals surface area contributed by atoms with Gasteiger partial charge < -0.3 is 5.73 Å². The van der Waals surface area contributed by atoms with E-state index in [1.807, 2.05) is 43.3 Å². The second-order valence-corrected chi connectivity index (χ2v) is 5.63. The Morgan fingerprint density at radius 2 is 2.06 bits per heavy atom. The van der Waals surface area contributed by atoms with E-state index in [0.717, 1.165) is 37.1 Å². The lowest BCUT2D eigenvalue weighted by molar-refractivity contribution is 1.43. The number of nitrogens with two attached hydrogens (primary N) is 1. The van der Waals surface area contributed by atoms with Gasteiger partial charge in [-0.15, -0.1) is 11.3 Å². The summed E-state index contributed by atoms with van der Waals surface area (Å²) in [4.78, 5) is 4.61. The molecule has 0 unspecified atom stereocenters. The van der Waals surface area contributed by atoms with Crippen LogP contribution >= 0.6 is 22.9 Å². The van der Waals surface area contributed by atoms with Crippen molar-refractivity contribution in [2.45, 2.75) is 6.92 Å². The molecule has 0 atom stereocenters. The van der Waals surface area contributed by atoms with Gasteiger partial charge in [-0.05, 0) is 36.8 Å². The highest BCUT2D eigenvalue weighted by Gasteiger charge is 2.10. The van der Waals surface area contributed by atoms with Crippen molar-refractivity contribution in [2.75, 3.05) is 5.73 Å². The highest BCUT2D eigenvalue weighted by Crippen LogP contribution is 2.35. The first-order valence-corrected chi connectivity index (χ1v) is 6.76. The van der Waals surface area contributed by atoms with Gasteiger partial charge in [0, 0.05) is 16.3 Å². The minimum atomic E-state index is 0.731. The van der Waals surface area contributed by atoms with Crippen LogP contribution in [-0.4, -0.2) is 4.98 Å². The van der Waals surface area contributed by atoms with Crippen LogP contribution in [0.2, 0.25) is 5.02 Å². The molecule has 0 saturated carbocycles. The maximum atomic E-state index is 6.11. The molecule has 1 heterocycles. The molecule has 4 heteroatoms. The van der Waals surface area contributed by atoms with Crippen molar-refractivity contribution in [1.29, 1.82) is 0 Å². The predicted octanol–water partition coefficient (Wildman–Crippen LogP) is 4.51. The standard InChI is InChI=1S/C14H11ClN2S/c1-8-3-2-4-10(13(8)16)14-17-11-6-5-9(15)7-12(11)18-14/h2-7H,16H2,1H3. The van der Waals surface area contributed by atoms with Gasteiger partial charge in [-0.3, -0.25) is 0 Å². The molecule has 0 aliphatic rings. The molecule has 0 fully saturated rings. The number of hydrogen-bond donors (Lipinski definition) is 1. The van der Waals surface area contributed by atoms with Gasteiger partial charge in [0.05, 0.1) is 10.2 Å². The van der Waals surface area contributed by atoms with Crippen LogP contribution in [0.5, 0.6) is 0 Å². The Morgan fingerprint density at radius 3 is 2.89 bits per heavy atom. The van der Waals surface area contributed by atoms with E-state index in [9.17, 15) is 0 Å². The average Bonchev–Trinajstić information content (AvgIpc) is 2.75. The van der Waals surface area contributed by atoms with Crippen molar-refractivity contribution in [3.05, 3.63) is 47.0 Å². The third-order valence-electron chi connectivity index (χ3n) is 2.91. The molecule has 90 valence electrons. The lowest BCUT2D eigenvalue weighted by Gasteiger charge is -2.04. The zero-order valence-corrected chi connectivity index (χ0v) is 11.3. The van der Waals surface area contributed by atoms with Gasteiger partial charge >= 0.3 is 0 Å². The normalized spacial score (nSPS) is 11.0. The van der Waals surface area contributed by atoms with E-state index in [1.54, 1.807) is 11.3 Å². The third-order valence-corrected chi connectivity index (χ3v) is 4.19. The Bertz CT molecular complexity index is 734. The summed E-state index contributed by atoms with van der Waals surface area (Å²) >= 11 is 7.60. The zero-order chi connectivity index (χ0) is 12.7. The van der Waals surface area contributed by atoms with Gasteiger partial charge in [-0.1, -0.05) is 23.7 Å². The van der Waals surface area contributed by atoms with Crippen LogP contribution in [0.1, 0.15) is 5.56 Å². The number of aryl methyl sites for hydroxylation is 1. The SMILES string of the molecule is Cc1cccc(-c2nc3ccc(Cl)cc3s2)c1N. The number of rotatable bonds is 1. The summed E-state index contributed by atoms with van der Waals surface area (Å²) in [6.45, 7) is 2.00. The molecule has 0 radical (unpaired) electrons. The lowest BCUT2D eigenvalue weighted by atomic mass is 10.1. The van der Waals surface area contributed by atoms with Crippen LogP contribution in [0, 0.1) is 6.92 Å². The molecule has 3 aromatic rings. The average molecular weight is 275 g/mol. The van der Waals surface area contributed by atoms with Crippen LogP contribution in [0.25, 0.3) is 20.8 Å². The number of nitrogen functional groups attached to an aromatic ring is 1. The molecule has 2 nitrogen and oxygen atoms in total. The topological polar surface area (TPSA) is 38.9 Å². The molecule has 3 rings (SSSR count). The summed E-state index contributed by atoms with van der Waals surface area (Å²) in [5.41, 5.74) is 9.93. The van der Waals surface area contributed by atoms with E-state index in [0.29, 0.717) is 0 Å². The Hall–Kier alpha value is -1.58. The number of hydrogen-bond acceptors (Lipinski definition) is 3. The molecule has 0 spiro atoms. The number of benzene rings is 2. The van der Waals surface area contributed by atoms with Crippen LogP contribution in [-0.2, 0) is 0 Å². The fourth-order valence-corrected chi connectivity index (χ4v) is 3.16. The van der Waals surface area contributed by atoms with Crippen molar-refractivity contribution in [2.24, 2.45) is 0 Å². The number of fused-ring (bicyclic) bond motifs is 1. The Balaban J connectivity index is 2.22. The molecular formula is C14H11ClN2S. The van der Waals surface area contributed by atoms with Crippen molar-refractivity contribution in [3.8, 4) is 10.6 Å². The van der Waals surface area contributed by atoms with E-state index < -0.39 is 0 Å². The Kier molecular flexibility index (Phi) is 2.73. The minimum Gasteiger partial charge on any atom is -0.398 e. The molecule has 0 bridgehead atoms. The molecular weight excluding hydrogens is 264 g/mol. The lowest BCUT2D eigenvalue weighted by Crippen LogP contribution is -1.92. The van der Waals surface area contributed by atoms with Gasteiger partial charge in [0.1, 0.15) is 5.01 Å². The molecule has 0 amide bonds. The van der Waals surface area contributed by atoms with E-state index in [2.05, 4.69) is 4.98 Å². The molecule has 0 aliphatic heterocycles. The number of nitrogens with zero attached hydrogens (tertiary/aromatic N) is 1. The largest absolute Gasteiger partial charge is 0.398 e. The number of thiazole rings is 1. The number of para-hydroxylation sites is 1. The van der Waals surface area contributed by atoms with Crippen LogP contribution in [0.15, 0.2) is 36.4 Å². The van der Waals surface area contributed by atoms with Gasteiger partial charge in [0.2, 0.25) is 0 Å². The Labute approximate surface area is 114 Å². The first-order chi connectivity index (χ1) is 8.65. The number of halogens is 1. The molecule has 0 saturated heterocycles. The molecule has 2 aromatic carbocycles. The Morgan fingerprint density at radius 1 is 1.22 bits per heavy atom. The van der Waals surface area contributed by atoms with Gasteiger partial charge in [0.15, 0.2) is 0 Å². The quantitative estimate of drug-likeness (QED) is 0.663. The van der Waals surface area contributed by atoms with E-state index >= 15 is 0 Å². The highest BCUT2D eigenvalue weighted by atomic mass is 35.5. The summed E-state index contributed by atoms with van der Waals surface area (Å²) in [6.07, 6.45) is 0. The predicted molar refractivity (Wildman–Crippen MR) is 79.2 cm³/mol. The third kappa shape index (κ3) is 1.85. The van der Waals surface area contributed by atoms with Crippen LogP contribution < -0.4 is 5.73 Å². The highest BCUT2D eigenvalue weighted by molar-refractivity contribution is 7.21. The summed E-state index contributed by atoms with van der Waals surface area (Å²) in [5.74, 6) is 0. The minimum absolute atomic E-state index is 0.731. The second kappa shape index (κ2) is 4.26. The first kappa shape index (κ1) is 11.5. The van der Waals surface area contributed by atoms with Crippen LogP contribution in [0.3, 0.4) is 0 Å². The molecule has 2 N–H and O–H groups in total.